The van der Waals surface area contributed by atoms with E-state index in [-0.39, 0.29) is 12.8 Å². The van der Waals surface area contributed by atoms with Crippen molar-refractivity contribution in [2.24, 2.45) is 5.41 Å². The Labute approximate surface area is 174 Å². The number of benzene rings is 1. The minimum atomic E-state index is -4.31. The zero-order valence-electron chi connectivity index (χ0n) is 16.4. The molecule has 156 valence electrons. The van der Waals surface area contributed by atoms with E-state index in [0.29, 0.717) is 34.3 Å². The number of anilines is 3. The minimum Gasteiger partial charge on any atom is -0.384 e. The third-order valence-electron chi connectivity index (χ3n) is 5.39. The van der Waals surface area contributed by atoms with Gasteiger partial charge in [-0.05, 0) is 43.2 Å². The number of rotatable bonds is 2. The monoisotopic (exact) mass is 423 g/mol. The Bertz CT molecular complexity index is 1380. The van der Waals surface area contributed by atoms with E-state index in [1.54, 1.807) is 46.7 Å². The van der Waals surface area contributed by atoms with E-state index in [1.807, 2.05) is 6.07 Å². The van der Waals surface area contributed by atoms with E-state index < -0.39 is 11.6 Å². The number of halogens is 3. The van der Waals surface area contributed by atoms with E-state index in [1.165, 1.54) is 6.33 Å². The summed E-state index contributed by atoms with van der Waals surface area (Å²) in [6.45, 7) is 0. The number of nitrogens with zero attached hydrogens (tertiary/aromatic N) is 6. The lowest BCUT2D eigenvalue weighted by Gasteiger charge is -2.20. The Balaban J connectivity index is 1.56. The number of aromatic nitrogens is 5. The first-order valence-corrected chi connectivity index (χ1v) is 9.47. The molecule has 7 nitrogen and oxygen atoms in total. The Kier molecular flexibility index (Phi) is 4.05. The van der Waals surface area contributed by atoms with E-state index in [4.69, 9.17) is 5.73 Å². The summed E-state index contributed by atoms with van der Waals surface area (Å²) in [5.41, 5.74) is 5.74. The van der Waals surface area contributed by atoms with Crippen molar-refractivity contribution in [3.63, 3.8) is 0 Å². The lowest BCUT2D eigenvalue weighted by Crippen LogP contribution is -2.22. The lowest BCUT2D eigenvalue weighted by atomic mass is 10.1. The van der Waals surface area contributed by atoms with Crippen LogP contribution in [0.5, 0.6) is 0 Å². The van der Waals surface area contributed by atoms with Gasteiger partial charge in [0.2, 0.25) is 0 Å². The molecule has 1 saturated carbocycles. The van der Waals surface area contributed by atoms with Gasteiger partial charge in [0.1, 0.15) is 23.4 Å². The molecule has 10 heteroatoms. The van der Waals surface area contributed by atoms with E-state index in [9.17, 15) is 13.2 Å². The normalized spacial score (nSPS) is 15.0. The van der Waals surface area contributed by atoms with Crippen molar-refractivity contribution < 1.29 is 13.2 Å². The molecule has 1 aliphatic carbocycles. The maximum Gasteiger partial charge on any atom is 0.405 e. The highest BCUT2D eigenvalue weighted by Gasteiger charge is 2.62. The van der Waals surface area contributed by atoms with Crippen LogP contribution in [0.2, 0.25) is 0 Å². The van der Waals surface area contributed by atoms with Crippen molar-refractivity contribution in [1.82, 2.24) is 24.6 Å². The molecule has 2 N–H and O–H groups in total. The average Bonchev–Trinajstić information content (AvgIpc) is 3.41. The van der Waals surface area contributed by atoms with Crippen LogP contribution >= 0.6 is 0 Å². The zero-order chi connectivity index (χ0) is 21.8. The maximum atomic E-state index is 13.2. The zero-order valence-corrected chi connectivity index (χ0v) is 16.4. The third kappa shape index (κ3) is 3.18. The largest absolute Gasteiger partial charge is 0.405 e. The second-order valence-corrected chi connectivity index (χ2v) is 7.48. The first-order valence-electron chi connectivity index (χ1n) is 9.47. The number of hydrogen-bond donors (Lipinski definition) is 1. The quantitative estimate of drug-likeness (QED) is 0.495. The third-order valence-corrected chi connectivity index (χ3v) is 5.39. The summed E-state index contributed by atoms with van der Waals surface area (Å²) in [7, 11) is 1.80. The van der Waals surface area contributed by atoms with E-state index >= 15 is 0 Å². The number of nitrogen functional groups attached to an aromatic ring is 1. The smallest absolute Gasteiger partial charge is 0.384 e. The number of fused-ring (bicyclic) bond motifs is 3. The van der Waals surface area contributed by atoms with Crippen molar-refractivity contribution in [3.05, 3.63) is 48.3 Å². The van der Waals surface area contributed by atoms with Crippen molar-refractivity contribution in [2.75, 3.05) is 17.7 Å². The predicted molar refractivity (Wildman–Crippen MR) is 110 cm³/mol. The summed E-state index contributed by atoms with van der Waals surface area (Å²) < 4.78 is 41.1. The summed E-state index contributed by atoms with van der Waals surface area (Å²) in [6.07, 6.45) is -2.70. The van der Waals surface area contributed by atoms with E-state index in [0.717, 1.165) is 5.39 Å². The van der Waals surface area contributed by atoms with Crippen LogP contribution in [0.3, 0.4) is 0 Å². The van der Waals surface area contributed by atoms with Crippen LogP contribution < -0.4 is 10.6 Å². The lowest BCUT2D eigenvalue weighted by molar-refractivity contribution is -0.168. The van der Waals surface area contributed by atoms with Crippen molar-refractivity contribution >= 4 is 34.1 Å². The molecule has 0 amide bonds. The highest BCUT2D eigenvalue weighted by atomic mass is 19.4. The highest BCUT2D eigenvalue weighted by Crippen LogP contribution is 2.57. The Morgan fingerprint density at radius 2 is 1.97 bits per heavy atom. The molecule has 0 atom stereocenters. The van der Waals surface area contributed by atoms with Crippen LogP contribution in [0, 0.1) is 17.3 Å². The molecule has 0 saturated heterocycles. The summed E-state index contributed by atoms with van der Waals surface area (Å²) >= 11 is 0. The van der Waals surface area contributed by atoms with E-state index in [2.05, 4.69) is 32.0 Å². The van der Waals surface area contributed by atoms with Crippen LogP contribution in [0.4, 0.5) is 30.5 Å². The highest BCUT2D eigenvalue weighted by molar-refractivity contribution is 5.91. The Hall–Kier alpha value is -3.87. The van der Waals surface area contributed by atoms with Gasteiger partial charge in [-0.25, -0.2) is 9.38 Å². The van der Waals surface area contributed by atoms with Gasteiger partial charge in [0.05, 0.1) is 5.39 Å². The summed E-state index contributed by atoms with van der Waals surface area (Å²) in [5, 5.41) is 8.60. The number of hydrogen-bond acceptors (Lipinski definition) is 6. The first kappa shape index (κ1) is 19.1. The SMILES string of the molecule is CN(c1cccc(C#CC2(C(F)(F)F)CC2)c1)c1nc2nncn2c2nc(N)ccc12. The molecule has 3 aromatic heterocycles. The molecule has 3 heterocycles. The Morgan fingerprint density at radius 3 is 2.71 bits per heavy atom. The van der Waals surface area contributed by atoms with Crippen LogP contribution in [-0.2, 0) is 0 Å². The van der Waals surface area contributed by atoms with Gasteiger partial charge in [0.25, 0.3) is 5.78 Å². The van der Waals surface area contributed by atoms with Gasteiger partial charge in [-0.3, -0.25) is 0 Å². The number of nitrogens with two attached hydrogens (primary N) is 1. The molecule has 0 unspecified atom stereocenters. The molecular weight excluding hydrogens is 407 g/mol. The van der Waals surface area contributed by atoms with Crippen LogP contribution in [0.1, 0.15) is 18.4 Å². The fourth-order valence-corrected chi connectivity index (χ4v) is 3.40. The van der Waals surface area contributed by atoms with Gasteiger partial charge in [-0.1, -0.05) is 17.9 Å². The molecule has 31 heavy (non-hydrogen) atoms. The maximum absolute atomic E-state index is 13.2. The van der Waals surface area contributed by atoms with Gasteiger partial charge in [-0.15, -0.1) is 10.2 Å². The summed E-state index contributed by atoms with van der Waals surface area (Å²) in [5.74, 6) is 6.39. The molecule has 5 rings (SSSR count). The van der Waals surface area contributed by atoms with Gasteiger partial charge < -0.3 is 10.6 Å². The van der Waals surface area contributed by atoms with Crippen molar-refractivity contribution in [1.29, 1.82) is 0 Å². The molecule has 0 aliphatic heterocycles. The van der Waals surface area contributed by atoms with Crippen LogP contribution in [0.25, 0.3) is 16.8 Å². The number of alkyl halides is 3. The molecule has 1 fully saturated rings. The van der Waals surface area contributed by atoms with Crippen molar-refractivity contribution in [2.45, 2.75) is 19.0 Å². The van der Waals surface area contributed by atoms with Gasteiger partial charge >= 0.3 is 6.18 Å². The summed E-state index contributed by atoms with van der Waals surface area (Å²) in [4.78, 5) is 10.8. The minimum absolute atomic E-state index is 0.0491. The van der Waals surface area contributed by atoms with Crippen LogP contribution in [-0.4, -0.2) is 37.8 Å². The summed E-state index contributed by atoms with van der Waals surface area (Å²) in [6, 6.07) is 10.5. The molecule has 0 radical (unpaired) electrons. The fraction of sp³-hybridized carbons (Fsp3) is 0.238. The molecule has 1 aromatic carbocycles. The molecule has 4 aromatic rings. The van der Waals surface area contributed by atoms with Crippen LogP contribution in [0.15, 0.2) is 42.7 Å². The second-order valence-electron chi connectivity index (χ2n) is 7.48. The second kappa shape index (κ2) is 6.57. The fourth-order valence-electron chi connectivity index (χ4n) is 3.40. The molecular formula is C21H16F3N7. The van der Waals surface area contributed by atoms with Gasteiger partial charge in [0, 0.05) is 18.3 Å². The van der Waals surface area contributed by atoms with Gasteiger partial charge in [0.15, 0.2) is 5.65 Å². The number of pyridine rings is 1. The predicted octanol–water partition coefficient (Wildman–Crippen LogP) is 3.72. The average molecular weight is 423 g/mol. The topological polar surface area (TPSA) is 85.2 Å². The Morgan fingerprint density at radius 1 is 1.16 bits per heavy atom. The molecule has 0 bridgehead atoms. The molecule has 0 spiro atoms. The van der Waals surface area contributed by atoms with Crippen molar-refractivity contribution in [3.8, 4) is 11.8 Å². The molecule has 1 aliphatic rings. The standard InChI is InChI=1S/C21H16F3N7/c1-30(14-4-2-3-13(11-14)7-8-20(9-10-20)21(22,23)24)17-15-5-6-16(25)27-18(15)31-12-26-29-19(31)28-17/h2-6,11-12H,9-10H2,1H3,(H2,25,27). The first-order chi connectivity index (χ1) is 14.8. The van der Waals surface area contributed by atoms with Gasteiger partial charge in [-0.2, -0.15) is 18.2 Å².